The molecule has 1 atom stereocenters. The van der Waals surface area contributed by atoms with E-state index in [2.05, 4.69) is 5.32 Å². The number of hydrogen-bond acceptors (Lipinski definition) is 7. The lowest BCUT2D eigenvalue weighted by atomic mass is 9.94. The van der Waals surface area contributed by atoms with E-state index in [0.717, 1.165) is 0 Å². The summed E-state index contributed by atoms with van der Waals surface area (Å²) in [6.45, 7) is 1.33. The molecule has 0 saturated carbocycles. The summed E-state index contributed by atoms with van der Waals surface area (Å²) in [6, 6.07) is 0. The minimum atomic E-state index is -0.708. The van der Waals surface area contributed by atoms with E-state index in [1.54, 1.807) is 4.57 Å². The van der Waals surface area contributed by atoms with Crippen molar-refractivity contribution in [3.8, 4) is 0 Å². The van der Waals surface area contributed by atoms with Crippen LogP contribution in [-0.4, -0.2) is 42.4 Å². The van der Waals surface area contributed by atoms with Crippen LogP contribution < -0.4 is 5.32 Å². The van der Waals surface area contributed by atoms with Crippen molar-refractivity contribution < 1.29 is 33.4 Å². The van der Waals surface area contributed by atoms with Gasteiger partial charge in [-0.05, 0) is 0 Å². The minimum absolute atomic E-state index is 0.0528. The highest BCUT2D eigenvalue weighted by molar-refractivity contribution is 6.49. The van der Waals surface area contributed by atoms with Gasteiger partial charge in [0.05, 0.1) is 18.4 Å². The standard InChI is InChI=1S/C17H17ClN2O7/c1-7(21)27-9-4-5-20-12(9)8(6-26-17(24)19-2)10-13(20)15(23)11(18)16(25-3)14(10)22/h9H,4-6H2,1-3H3,(H,19,24). The van der Waals surface area contributed by atoms with Crippen LogP contribution in [-0.2, 0) is 32.2 Å². The number of aromatic nitrogens is 1. The number of halogens is 1. The van der Waals surface area contributed by atoms with Crippen molar-refractivity contribution in [1.29, 1.82) is 0 Å². The van der Waals surface area contributed by atoms with E-state index in [4.69, 9.17) is 25.8 Å². The molecule has 2 heterocycles. The van der Waals surface area contributed by atoms with Gasteiger partial charge in [0, 0.05) is 32.5 Å². The first-order chi connectivity index (χ1) is 12.8. The van der Waals surface area contributed by atoms with Crippen LogP contribution in [0.1, 0.15) is 51.6 Å². The van der Waals surface area contributed by atoms with Gasteiger partial charge >= 0.3 is 12.1 Å². The van der Waals surface area contributed by atoms with E-state index in [0.29, 0.717) is 24.2 Å². The van der Waals surface area contributed by atoms with Gasteiger partial charge in [0.2, 0.25) is 11.6 Å². The average molecular weight is 397 g/mol. The molecule has 0 bridgehead atoms. The molecule has 1 amide bonds. The number of ether oxygens (including phenoxy) is 3. The maximum absolute atomic E-state index is 12.9. The number of nitrogens with one attached hydrogen (secondary N) is 1. The Morgan fingerprint density at radius 3 is 2.59 bits per heavy atom. The molecule has 9 nitrogen and oxygen atoms in total. The molecular weight excluding hydrogens is 380 g/mol. The molecule has 1 aromatic heterocycles. The number of Topliss-reactive ketones (excluding diaryl/α,β-unsaturated/α-hetero) is 2. The number of amides is 1. The lowest BCUT2D eigenvalue weighted by molar-refractivity contribution is -0.146. The highest BCUT2D eigenvalue weighted by atomic mass is 35.5. The Morgan fingerprint density at radius 1 is 1.30 bits per heavy atom. The molecule has 1 aliphatic carbocycles. The molecule has 1 aliphatic heterocycles. The zero-order chi connectivity index (χ0) is 19.9. The highest BCUT2D eigenvalue weighted by Gasteiger charge is 2.44. The van der Waals surface area contributed by atoms with Crippen molar-refractivity contribution in [3.63, 3.8) is 0 Å². The fourth-order valence-corrected chi connectivity index (χ4v) is 3.68. The SMILES string of the molecule is CNC(=O)OCc1c2c(n3c1C(OC(C)=O)CC3)C(=O)C(Cl)=C(OC)C2=O. The topological polar surface area (TPSA) is 113 Å². The van der Waals surface area contributed by atoms with Gasteiger partial charge in [0.15, 0.2) is 5.76 Å². The number of carbonyl (C=O) groups is 4. The Bertz CT molecular complexity index is 900. The third-order valence-corrected chi connectivity index (χ3v) is 4.78. The summed E-state index contributed by atoms with van der Waals surface area (Å²) in [5.74, 6) is -1.93. The number of esters is 1. The van der Waals surface area contributed by atoms with E-state index in [-0.39, 0.29) is 28.7 Å². The van der Waals surface area contributed by atoms with Gasteiger partial charge in [-0.1, -0.05) is 11.6 Å². The molecule has 0 fully saturated rings. The number of allylic oxidation sites excluding steroid dienone is 2. The fraction of sp³-hybridized carbons (Fsp3) is 0.412. The molecule has 1 unspecified atom stereocenters. The van der Waals surface area contributed by atoms with Crippen molar-refractivity contribution in [2.45, 2.75) is 32.6 Å². The molecule has 0 spiro atoms. The number of hydrogen-bond donors (Lipinski definition) is 1. The third-order valence-electron chi connectivity index (χ3n) is 4.44. The summed E-state index contributed by atoms with van der Waals surface area (Å²) >= 11 is 6.03. The van der Waals surface area contributed by atoms with Gasteiger partial charge in [-0.2, -0.15) is 0 Å². The van der Waals surface area contributed by atoms with Crippen LogP contribution >= 0.6 is 11.6 Å². The second-order valence-corrected chi connectivity index (χ2v) is 6.34. The van der Waals surface area contributed by atoms with Gasteiger partial charge in [0.25, 0.3) is 0 Å². The van der Waals surface area contributed by atoms with Crippen molar-refractivity contribution in [2.24, 2.45) is 0 Å². The van der Waals surface area contributed by atoms with E-state index >= 15 is 0 Å². The van der Waals surface area contributed by atoms with Gasteiger partial charge in [-0.3, -0.25) is 14.4 Å². The first kappa shape index (κ1) is 19.0. The Balaban J connectivity index is 2.17. The number of carbonyl (C=O) groups excluding carboxylic acids is 4. The monoisotopic (exact) mass is 396 g/mol. The Labute approximate surface area is 159 Å². The van der Waals surface area contributed by atoms with Gasteiger partial charge in [-0.25, -0.2) is 4.79 Å². The zero-order valence-corrected chi connectivity index (χ0v) is 15.6. The van der Waals surface area contributed by atoms with Crippen LogP contribution in [0.4, 0.5) is 4.79 Å². The number of methoxy groups -OCH3 is 1. The molecule has 0 aromatic carbocycles. The summed E-state index contributed by atoms with van der Waals surface area (Å²) in [5, 5.41) is 1.99. The smallest absolute Gasteiger partial charge is 0.407 e. The van der Waals surface area contributed by atoms with E-state index in [1.807, 2.05) is 0 Å². The molecule has 27 heavy (non-hydrogen) atoms. The lowest BCUT2D eigenvalue weighted by Gasteiger charge is -2.17. The Morgan fingerprint density at radius 2 is 2.00 bits per heavy atom. The van der Waals surface area contributed by atoms with Crippen molar-refractivity contribution in [2.75, 3.05) is 14.2 Å². The van der Waals surface area contributed by atoms with Crippen LogP contribution in [0.15, 0.2) is 10.8 Å². The molecule has 3 rings (SSSR count). The lowest BCUT2D eigenvalue weighted by Crippen LogP contribution is -2.24. The zero-order valence-electron chi connectivity index (χ0n) is 14.9. The first-order valence-electron chi connectivity index (χ1n) is 8.11. The second kappa shape index (κ2) is 7.07. The average Bonchev–Trinajstić information content (AvgIpc) is 3.16. The maximum Gasteiger partial charge on any atom is 0.407 e. The molecule has 0 radical (unpaired) electrons. The van der Waals surface area contributed by atoms with Crippen molar-refractivity contribution in [3.05, 3.63) is 33.3 Å². The summed E-state index contributed by atoms with van der Waals surface area (Å²) in [6.07, 6.45) is -0.947. The molecule has 2 aliphatic rings. The molecule has 144 valence electrons. The fourth-order valence-electron chi connectivity index (χ4n) is 3.43. The van der Waals surface area contributed by atoms with Crippen LogP contribution in [0.3, 0.4) is 0 Å². The summed E-state index contributed by atoms with van der Waals surface area (Å²) in [5.41, 5.74) is 0.889. The van der Waals surface area contributed by atoms with E-state index in [1.165, 1.54) is 21.1 Å². The maximum atomic E-state index is 12.9. The molecular formula is C17H17ClN2O7. The minimum Gasteiger partial charge on any atom is -0.491 e. The van der Waals surface area contributed by atoms with Crippen LogP contribution in [0, 0.1) is 0 Å². The number of nitrogens with zero attached hydrogens (tertiary/aromatic N) is 1. The second-order valence-electron chi connectivity index (χ2n) is 5.96. The van der Waals surface area contributed by atoms with Gasteiger partial charge in [0.1, 0.15) is 23.4 Å². The molecule has 1 N–H and O–H groups in total. The quantitative estimate of drug-likeness (QED) is 0.772. The third kappa shape index (κ3) is 2.97. The molecule has 1 aromatic rings. The Kier molecular flexibility index (Phi) is 4.97. The normalized spacial score (nSPS) is 18.1. The summed E-state index contributed by atoms with van der Waals surface area (Å²) in [7, 11) is 2.63. The number of rotatable bonds is 4. The van der Waals surface area contributed by atoms with Gasteiger partial charge in [-0.15, -0.1) is 0 Å². The number of ketones is 2. The first-order valence-corrected chi connectivity index (χ1v) is 8.49. The molecule has 0 saturated heterocycles. The largest absolute Gasteiger partial charge is 0.491 e. The highest BCUT2D eigenvalue weighted by Crippen LogP contribution is 2.42. The van der Waals surface area contributed by atoms with Crippen molar-refractivity contribution >= 4 is 35.2 Å². The predicted molar refractivity (Wildman–Crippen MR) is 91.3 cm³/mol. The van der Waals surface area contributed by atoms with E-state index < -0.39 is 29.7 Å². The Hall–Kier alpha value is -2.81. The van der Waals surface area contributed by atoms with Crippen LogP contribution in [0.5, 0.6) is 0 Å². The summed E-state index contributed by atoms with van der Waals surface area (Å²) < 4.78 is 17.0. The predicted octanol–water partition coefficient (Wildman–Crippen LogP) is 1.83. The van der Waals surface area contributed by atoms with Crippen LogP contribution in [0.2, 0.25) is 0 Å². The van der Waals surface area contributed by atoms with Crippen LogP contribution in [0.25, 0.3) is 0 Å². The van der Waals surface area contributed by atoms with Crippen molar-refractivity contribution in [1.82, 2.24) is 9.88 Å². The molecule has 10 heteroatoms. The summed E-state index contributed by atoms with van der Waals surface area (Å²) in [4.78, 5) is 48.6. The van der Waals surface area contributed by atoms with E-state index in [9.17, 15) is 19.2 Å². The number of fused-ring (bicyclic) bond motifs is 3. The van der Waals surface area contributed by atoms with Gasteiger partial charge < -0.3 is 24.1 Å². The number of alkyl carbamates (subject to hydrolysis) is 1.